The van der Waals surface area contributed by atoms with Gasteiger partial charge in [-0.3, -0.25) is 14.4 Å². The normalized spacial score (nSPS) is 11.6. The number of hydrogen-bond donors (Lipinski definition) is 0. The van der Waals surface area contributed by atoms with Gasteiger partial charge in [0, 0.05) is 0 Å². The van der Waals surface area contributed by atoms with Crippen LogP contribution in [0.25, 0.3) is 0 Å². The molecule has 0 saturated heterocycles. The fourth-order valence-corrected chi connectivity index (χ4v) is 5.37. The molecule has 0 radical (unpaired) electrons. The van der Waals surface area contributed by atoms with Crippen LogP contribution in [0.15, 0.2) is 0 Å². The first-order chi connectivity index (χ1) is 20.8. The molecule has 7 heteroatoms. The molecule has 0 N–H and O–H groups in total. The maximum absolute atomic E-state index is 13.7. The van der Waals surface area contributed by atoms with Gasteiger partial charge >= 0.3 is 17.9 Å². The van der Waals surface area contributed by atoms with Crippen molar-refractivity contribution in [3.63, 3.8) is 0 Å². The van der Waals surface area contributed by atoms with Crippen LogP contribution in [-0.2, 0) is 28.6 Å². The first kappa shape index (κ1) is 41.4. The Hall–Kier alpha value is -1.63. The van der Waals surface area contributed by atoms with Crippen LogP contribution in [0, 0.1) is 5.41 Å². The smallest absolute Gasteiger partial charge is 0.313 e. The van der Waals surface area contributed by atoms with Crippen molar-refractivity contribution in [2.75, 3.05) is 40.5 Å². The number of hydrogen-bond acceptors (Lipinski definition) is 7. The van der Waals surface area contributed by atoms with E-state index in [1.165, 1.54) is 57.8 Å². The van der Waals surface area contributed by atoms with E-state index in [0.29, 0.717) is 32.7 Å². The summed E-state index contributed by atoms with van der Waals surface area (Å²) in [5.74, 6) is -1.32. The molecular weight excluding hydrogens is 542 g/mol. The van der Waals surface area contributed by atoms with Crippen LogP contribution in [0.5, 0.6) is 0 Å². The summed E-state index contributed by atoms with van der Waals surface area (Å²) in [6.45, 7) is 8.44. The van der Waals surface area contributed by atoms with E-state index in [9.17, 15) is 14.4 Å². The average Bonchev–Trinajstić information content (AvgIpc) is 2.97. The van der Waals surface area contributed by atoms with Crippen LogP contribution in [0.2, 0.25) is 0 Å². The lowest BCUT2D eigenvalue weighted by Gasteiger charge is -2.30. The molecule has 0 rings (SSSR count). The van der Waals surface area contributed by atoms with Crippen LogP contribution in [-0.4, -0.2) is 63.3 Å². The maximum Gasteiger partial charge on any atom is 0.313 e. The summed E-state index contributed by atoms with van der Waals surface area (Å²) in [5.41, 5.74) is -1.26. The molecule has 0 aromatic heterocycles. The van der Waals surface area contributed by atoms with E-state index in [1.54, 1.807) is 0 Å². The molecule has 0 spiro atoms. The molecule has 7 nitrogen and oxygen atoms in total. The predicted octanol–water partition coefficient (Wildman–Crippen LogP) is 9.20. The second kappa shape index (κ2) is 29.1. The van der Waals surface area contributed by atoms with Crippen molar-refractivity contribution in [3.8, 4) is 0 Å². The molecule has 0 saturated carbocycles. The van der Waals surface area contributed by atoms with Crippen molar-refractivity contribution in [1.29, 1.82) is 0 Å². The standard InChI is InChI=1S/C36H69NO6/c1-6-9-12-15-18-23-28-41-33(38)31-36(26-21-22-27-37(4)5,35(40)43-30-25-20-17-14-11-8-3)32-34(39)42-29-24-19-16-13-10-7-2/h6-32H2,1-5H3. The lowest BCUT2D eigenvalue weighted by Crippen LogP contribution is -2.39. The quantitative estimate of drug-likeness (QED) is 0.0439. The second-order valence-electron chi connectivity index (χ2n) is 12.8. The van der Waals surface area contributed by atoms with Gasteiger partial charge in [-0.2, -0.15) is 0 Å². The van der Waals surface area contributed by atoms with Gasteiger partial charge in [0.15, 0.2) is 0 Å². The zero-order chi connectivity index (χ0) is 32.0. The third-order valence-corrected chi connectivity index (χ3v) is 8.16. The molecule has 254 valence electrons. The summed E-state index contributed by atoms with van der Waals surface area (Å²) in [6, 6.07) is 0. The van der Waals surface area contributed by atoms with Gasteiger partial charge in [-0.15, -0.1) is 0 Å². The summed E-state index contributed by atoms with van der Waals surface area (Å²) in [6.07, 6.45) is 21.4. The number of unbranched alkanes of at least 4 members (excludes halogenated alkanes) is 16. The molecular formula is C36H69NO6. The zero-order valence-corrected chi connectivity index (χ0v) is 29.0. The van der Waals surface area contributed by atoms with E-state index in [2.05, 4.69) is 25.7 Å². The Balaban J connectivity index is 5.35. The van der Waals surface area contributed by atoms with Crippen molar-refractivity contribution in [2.45, 2.75) is 168 Å². The number of ether oxygens (including phenoxy) is 3. The van der Waals surface area contributed by atoms with Crippen LogP contribution in [0.3, 0.4) is 0 Å². The Morgan fingerprint density at radius 1 is 0.488 bits per heavy atom. The highest BCUT2D eigenvalue weighted by molar-refractivity contribution is 5.88. The lowest BCUT2D eigenvalue weighted by molar-refractivity contribution is -0.169. The average molecular weight is 612 g/mol. The highest BCUT2D eigenvalue weighted by Gasteiger charge is 2.44. The fraction of sp³-hybridized carbons (Fsp3) is 0.917. The first-order valence-corrected chi connectivity index (χ1v) is 17.9. The maximum atomic E-state index is 13.7. The Kier molecular flexibility index (Phi) is 28.0. The van der Waals surface area contributed by atoms with Crippen LogP contribution in [0.4, 0.5) is 0 Å². The molecule has 0 aliphatic carbocycles. The van der Waals surface area contributed by atoms with E-state index in [-0.39, 0.29) is 12.8 Å². The number of nitrogens with zero attached hydrogens (tertiary/aromatic N) is 1. The van der Waals surface area contributed by atoms with Gasteiger partial charge in [0.05, 0.1) is 38.1 Å². The van der Waals surface area contributed by atoms with E-state index in [0.717, 1.165) is 70.8 Å². The van der Waals surface area contributed by atoms with Gasteiger partial charge in [-0.1, -0.05) is 124 Å². The summed E-state index contributed by atoms with van der Waals surface area (Å²) in [4.78, 5) is 42.0. The van der Waals surface area contributed by atoms with Crippen molar-refractivity contribution >= 4 is 17.9 Å². The molecule has 0 atom stereocenters. The summed E-state index contributed by atoms with van der Waals surface area (Å²) >= 11 is 0. The van der Waals surface area contributed by atoms with E-state index in [4.69, 9.17) is 14.2 Å². The molecule has 0 unspecified atom stereocenters. The van der Waals surface area contributed by atoms with Crippen molar-refractivity contribution < 1.29 is 28.6 Å². The molecule has 0 bridgehead atoms. The molecule has 0 aromatic rings. The van der Waals surface area contributed by atoms with Crippen LogP contribution in [0.1, 0.15) is 168 Å². The largest absolute Gasteiger partial charge is 0.466 e. The lowest BCUT2D eigenvalue weighted by atomic mass is 9.76. The predicted molar refractivity (Wildman–Crippen MR) is 177 cm³/mol. The number of carbonyl (C=O) groups excluding carboxylic acids is 3. The third-order valence-electron chi connectivity index (χ3n) is 8.16. The SMILES string of the molecule is CCCCCCCCOC(=O)CC(CCCCN(C)C)(CC(=O)OCCCCCCCC)C(=O)OCCCCCCCC. The highest BCUT2D eigenvalue weighted by Crippen LogP contribution is 2.36. The Labute approximate surface area is 265 Å². The van der Waals surface area contributed by atoms with Gasteiger partial charge in [0.1, 0.15) is 0 Å². The Morgan fingerprint density at radius 3 is 1.26 bits per heavy atom. The molecule has 0 fully saturated rings. The fourth-order valence-electron chi connectivity index (χ4n) is 5.37. The minimum atomic E-state index is -1.26. The highest BCUT2D eigenvalue weighted by atomic mass is 16.5. The molecule has 0 aliphatic rings. The van der Waals surface area contributed by atoms with Crippen LogP contribution < -0.4 is 0 Å². The summed E-state index contributed by atoms with van der Waals surface area (Å²) in [5, 5.41) is 0. The van der Waals surface area contributed by atoms with Crippen LogP contribution >= 0.6 is 0 Å². The minimum Gasteiger partial charge on any atom is -0.466 e. The van der Waals surface area contributed by atoms with Crippen molar-refractivity contribution in [1.82, 2.24) is 4.90 Å². The summed E-state index contributed by atoms with van der Waals surface area (Å²) < 4.78 is 17.0. The van der Waals surface area contributed by atoms with E-state index in [1.807, 2.05) is 14.1 Å². The number of carbonyl (C=O) groups is 3. The van der Waals surface area contributed by atoms with Crippen molar-refractivity contribution in [2.24, 2.45) is 5.41 Å². The molecule has 43 heavy (non-hydrogen) atoms. The minimum absolute atomic E-state index is 0.147. The van der Waals surface area contributed by atoms with E-state index < -0.39 is 23.3 Å². The van der Waals surface area contributed by atoms with Gasteiger partial charge in [-0.05, 0) is 52.7 Å². The second-order valence-corrected chi connectivity index (χ2v) is 12.8. The zero-order valence-electron chi connectivity index (χ0n) is 29.0. The molecule has 0 amide bonds. The molecule has 0 aromatic carbocycles. The number of esters is 3. The topological polar surface area (TPSA) is 82.1 Å². The first-order valence-electron chi connectivity index (χ1n) is 17.9. The summed E-state index contributed by atoms with van der Waals surface area (Å²) in [7, 11) is 4.03. The third kappa shape index (κ3) is 24.4. The van der Waals surface area contributed by atoms with Crippen molar-refractivity contribution in [3.05, 3.63) is 0 Å². The Morgan fingerprint density at radius 2 is 0.860 bits per heavy atom. The van der Waals surface area contributed by atoms with Gasteiger partial charge in [0.25, 0.3) is 0 Å². The van der Waals surface area contributed by atoms with Gasteiger partial charge in [-0.25, -0.2) is 0 Å². The molecule has 0 heterocycles. The van der Waals surface area contributed by atoms with Gasteiger partial charge < -0.3 is 19.1 Å². The monoisotopic (exact) mass is 612 g/mol. The van der Waals surface area contributed by atoms with Gasteiger partial charge in [0.2, 0.25) is 0 Å². The Bertz CT molecular complexity index is 649. The van der Waals surface area contributed by atoms with E-state index >= 15 is 0 Å². The molecule has 0 aliphatic heterocycles. The number of rotatable bonds is 31.